The molecule has 1 aliphatic rings. The first-order chi connectivity index (χ1) is 7.56. The van der Waals surface area contributed by atoms with Gasteiger partial charge in [-0.05, 0) is 13.3 Å². The summed E-state index contributed by atoms with van der Waals surface area (Å²) in [5.74, 6) is -1.11. The summed E-state index contributed by atoms with van der Waals surface area (Å²) in [6, 6.07) is 0. The first-order valence-electron chi connectivity index (χ1n) is 5.72. The molecule has 0 aromatic carbocycles. The average Bonchev–Trinajstić information content (AvgIpc) is 2.16. The minimum Gasteiger partial charge on any atom is -0.511 e. The molecule has 4 nitrogen and oxygen atoms in total. The topological polar surface area (TPSA) is 63.6 Å². The second-order valence-corrected chi connectivity index (χ2v) is 4.12. The maximum absolute atomic E-state index is 11.6. The minimum atomic E-state index is -0.683. The van der Waals surface area contributed by atoms with Gasteiger partial charge in [0.2, 0.25) is 0 Å². The Labute approximate surface area is 95.3 Å². The molecule has 1 heterocycles. The lowest BCUT2D eigenvalue weighted by Gasteiger charge is -2.20. The molecule has 1 fully saturated rings. The molecule has 4 heteroatoms. The predicted octanol–water partition coefficient (Wildman–Crippen LogP) is 2.28. The van der Waals surface area contributed by atoms with E-state index in [2.05, 4.69) is 0 Å². The lowest BCUT2D eigenvalue weighted by atomic mass is 9.99. The Bertz CT molecular complexity index is 297. The third-order valence-electron chi connectivity index (χ3n) is 2.57. The van der Waals surface area contributed by atoms with Crippen LogP contribution in [0.3, 0.4) is 0 Å². The van der Waals surface area contributed by atoms with Crippen molar-refractivity contribution in [2.75, 3.05) is 0 Å². The fourth-order valence-corrected chi connectivity index (χ4v) is 1.71. The van der Waals surface area contributed by atoms with E-state index in [9.17, 15) is 14.7 Å². The highest BCUT2D eigenvalue weighted by molar-refractivity contribution is 6.19. The number of ether oxygens (including phenoxy) is 1. The van der Waals surface area contributed by atoms with Crippen LogP contribution in [-0.2, 0) is 14.3 Å². The maximum atomic E-state index is 11.6. The summed E-state index contributed by atoms with van der Waals surface area (Å²) in [6.07, 6.45) is 2.93. The lowest BCUT2D eigenvalue weighted by molar-refractivity contribution is -0.150. The van der Waals surface area contributed by atoms with Gasteiger partial charge in [0.15, 0.2) is 5.78 Å². The number of rotatable bonds is 4. The maximum Gasteiger partial charge on any atom is 0.345 e. The van der Waals surface area contributed by atoms with Gasteiger partial charge in [0.1, 0.15) is 17.4 Å². The smallest absolute Gasteiger partial charge is 0.345 e. The van der Waals surface area contributed by atoms with Crippen LogP contribution >= 0.6 is 0 Å². The summed E-state index contributed by atoms with van der Waals surface area (Å²) < 4.78 is 4.92. The monoisotopic (exact) mass is 226 g/mol. The van der Waals surface area contributed by atoms with Crippen LogP contribution < -0.4 is 0 Å². The van der Waals surface area contributed by atoms with E-state index in [1.54, 1.807) is 6.92 Å². The van der Waals surface area contributed by atoms with Crippen molar-refractivity contribution in [3.63, 3.8) is 0 Å². The van der Waals surface area contributed by atoms with Gasteiger partial charge in [-0.15, -0.1) is 0 Å². The zero-order valence-electron chi connectivity index (χ0n) is 9.78. The second-order valence-electron chi connectivity index (χ2n) is 4.12. The molecule has 1 aliphatic heterocycles. The number of aliphatic hydroxyl groups is 1. The van der Waals surface area contributed by atoms with Crippen LogP contribution in [0.25, 0.3) is 0 Å². The highest BCUT2D eigenvalue weighted by Crippen LogP contribution is 2.21. The van der Waals surface area contributed by atoms with E-state index >= 15 is 0 Å². The highest BCUT2D eigenvalue weighted by Gasteiger charge is 2.32. The van der Waals surface area contributed by atoms with Crippen molar-refractivity contribution in [1.29, 1.82) is 0 Å². The molecule has 1 atom stereocenters. The van der Waals surface area contributed by atoms with Crippen LogP contribution in [0.2, 0.25) is 0 Å². The van der Waals surface area contributed by atoms with Crippen LogP contribution in [0.15, 0.2) is 11.3 Å². The average molecular weight is 226 g/mol. The molecule has 1 rings (SSSR count). The van der Waals surface area contributed by atoms with Gasteiger partial charge in [0.05, 0.1) is 0 Å². The summed E-state index contributed by atoms with van der Waals surface area (Å²) in [6.45, 7) is 3.71. The van der Waals surface area contributed by atoms with Crippen molar-refractivity contribution in [1.82, 2.24) is 0 Å². The van der Waals surface area contributed by atoms with Gasteiger partial charge >= 0.3 is 5.97 Å². The quantitative estimate of drug-likeness (QED) is 0.262. The predicted molar refractivity (Wildman–Crippen MR) is 59.0 cm³/mol. The van der Waals surface area contributed by atoms with Crippen molar-refractivity contribution >= 4 is 11.8 Å². The molecule has 0 radical (unpaired) electrons. The van der Waals surface area contributed by atoms with E-state index in [4.69, 9.17) is 4.74 Å². The molecule has 0 aromatic rings. The molecule has 0 amide bonds. The zero-order valence-corrected chi connectivity index (χ0v) is 9.78. The number of aliphatic hydroxyl groups excluding tert-OH is 1. The number of hydrogen-bond donors (Lipinski definition) is 1. The van der Waals surface area contributed by atoms with Gasteiger partial charge in [-0.1, -0.05) is 19.8 Å². The normalized spacial score (nSPS) is 24.2. The summed E-state index contributed by atoms with van der Waals surface area (Å²) in [4.78, 5) is 23.0. The second kappa shape index (κ2) is 5.68. The Hall–Kier alpha value is -1.32. The molecule has 16 heavy (non-hydrogen) atoms. The van der Waals surface area contributed by atoms with Gasteiger partial charge in [-0.3, -0.25) is 4.79 Å². The molecule has 0 aliphatic carbocycles. The molecular weight excluding hydrogens is 208 g/mol. The van der Waals surface area contributed by atoms with Crippen molar-refractivity contribution in [2.45, 2.75) is 52.1 Å². The number of carbonyl (C=O) groups is 2. The SMILES string of the molecule is CCCCC/C(O)=C1\C(=O)CC(C)OC1=O. The van der Waals surface area contributed by atoms with Gasteiger partial charge < -0.3 is 9.84 Å². The highest BCUT2D eigenvalue weighted by atomic mass is 16.5. The fraction of sp³-hybridized carbons (Fsp3) is 0.667. The van der Waals surface area contributed by atoms with Crippen molar-refractivity contribution < 1.29 is 19.4 Å². The molecule has 1 saturated heterocycles. The minimum absolute atomic E-state index is 0.115. The summed E-state index contributed by atoms with van der Waals surface area (Å²) in [7, 11) is 0. The Kier molecular flexibility index (Phi) is 4.52. The zero-order chi connectivity index (χ0) is 12.1. The Morgan fingerprint density at radius 1 is 1.44 bits per heavy atom. The molecule has 1 unspecified atom stereocenters. The van der Waals surface area contributed by atoms with Crippen molar-refractivity contribution in [3.05, 3.63) is 11.3 Å². The number of hydrogen-bond acceptors (Lipinski definition) is 4. The molecular formula is C12H18O4. The van der Waals surface area contributed by atoms with E-state index in [1.165, 1.54) is 0 Å². The first kappa shape index (κ1) is 12.7. The van der Waals surface area contributed by atoms with E-state index < -0.39 is 5.97 Å². The molecule has 0 spiro atoms. The molecule has 0 aromatic heterocycles. The van der Waals surface area contributed by atoms with Crippen LogP contribution in [0, 0.1) is 0 Å². The van der Waals surface area contributed by atoms with Crippen LogP contribution in [0.1, 0.15) is 46.0 Å². The number of Topliss-reactive ketones (excluding diaryl/α,β-unsaturated/α-hetero) is 1. The molecule has 0 bridgehead atoms. The van der Waals surface area contributed by atoms with Crippen LogP contribution in [0.5, 0.6) is 0 Å². The molecule has 90 valence electrons. The molecule has 1 N–H and O–H groups in total. The van der Waals surface area contributed by atoms with Crippen LogP contribution in [0.4, 0.5) is 0 Å². The standard InChI is InChI=1S/C12H18O4/c1-3-4-5-6-9(13)11-10(14)7-8(2)16-12(11)15/h8,13H,3-7H2,1-2H3/b11-9-. The van der Waals surface area contributed by atoms with Gasteiger partial charge in [0.25, 0.3) is 0 Å². The van der Waals surface area contributed by atoms with Crippen LogP contribution in [-0.4, -0.2) is 23.0 Å². The molecule has 0 saturated carbocycles. The lowest BCUT2D eigenvalue weighted by Crippen LogP contribution is -2.31. The third kappa shape index (κ3) is 3.08. The van der Waals surface area contributed by atoms with E-state index in [0.717, 1.165) is 19.3 Å². The number of carbonyl (C=O) groups excluding carboxylic acids is 2. The Morgan fingerprint density at radius 2 is 2.12 bits per heavy atom. The number of unbranched alkanes of at least 4 members (excludes halogenated alkanes) is 2. The summed E-state index contributed by atoms with van der Waals surface area (Å²) in [5.41, 5.74) is -0.144. The van der Waals surface area contributed by atoms with E-state index in [0.29, 0.717) is 6.42 Å². The summed E-state index contributed by atoms with van der Waals surface area (Å²) >= 11 is 0. The number of ketones is 1. The number of esters is 1. The van der Waals surface area contributed by atoms with Crippen molar-refractivity contribution in [3.8, 4) is 0 Å². The van der Waals surface area contributed by atoms with Crippen molar-refractivity contribution in [2.24, 2.45) is 0 Å². The van der Waals surface area contributed by atoms with E-state index in [1.807, 2.05) is 6.92 Å². The summed E-state index contributed by atoms with van der Waals surface area (Å²) in [5, 5.41) is 9.69. The Balaban J connectivity index is 2.71. The Morgan fingerprint density at radius 3 is 2.69 bits per heavy atom. The number of cyclic esters (lactones) is 1. The van der Waals surface area contributed by atoms with E-state index in [-0.39, 0.29) is 29.6 Å². The van der Waals surface area contributed by atoms with Gasteiger partial charge in [0, 0.05) is 12.8 Å². The van der Waals surface area contributed by atoms with Gasteiger partial charge in [-0.2, -0.15) is 0 Å². The first-order valence-corrected chi connectivity index (χ1v) is 5.72. The number of allylic oxidation sites excluding steroid dienone is 1. The fourth-order valence-electron chi connectivity index (χ4n) is 1.71. The van der Waals surface area contributed by atoms with Gasteiger partial charge in [-0.25, -0.2) is 4.79 Å². The largest absolute Gasteiger partial charge is 0.511 e. The third-order valence-corrected chi connectivity index (χ3v) is 2.57.